The molecule has 0 spiro atoms. The van der Waals surface area contributed by atoms with E-state index < -0.39 is 10.8 Å². The highest BCUT2D eigenvalue weighted by molar-refractivity contribution is 9.11. The fraction of sp³-hybridized carbons (Fsp3) is 0.545. The van der Waals surface area contributed by atoms with Gasteiger partial charge >= 0.3 is 0 Å². The summed E-state index contributed by atoms with van der Waals surface area (Å²) in [7, 11) is -0.713. The van der Waals surface area contributed by atoms with Crippen LogP contribution >= 0.6 is 31.9 Å². The van der Waals surface area contributed by atoms with Crippen molar-refractivity contribution in [3.05, 3.63) is 26.9 Å². The Labute approximate surface area is 121 Å². The van der Waals surface area contributed by atoms with Gasteiger partial charge in [0.1, 0.15) is 0 Å². The number of nitrogens with zero attached hydrogens (tertiary/aromatic N) is 1. The third-order valence-electron chi connectivity index (χ3n) is 2.34. The molecule has 0 aliphatic carbocycles. The molecule has 0 aliphatic rings. The first kappa shape index (κ1) is 15.3. The van der Waals surface area contributed by atoms with Gasteiger partial charge in [0.2, 0.25) is 0 Å². The van der Waals surface area contributed by atoms with Gasteiger partial charge in [-0.2, -0.15) is 0 Å². The van der Waals surface area contributed by atoms with E-state index >= 15 is 0 Å². The fourth-order valence-corrected chi connectivity index (χ4v) is 3.10. The molecule has 2 unspecified atom stereocenters. The molecule has 0 bridgehead atoms. The topological polar surface area (TPSA) is 42.0 Å². The van der Waals surface area contributed by atoms with Crippen molar-refractivity contribution in [2.24, 2.45) is 0 Å². The van der Waals surface area contributed by atoms with Crippen LogP contribution in [0.15, 0.2) is 21.2 Å². The number of halogens is 2. The molecule has 0 aromatic carbocycles. The molecule has 1 aromatic rings. The molecule has 2 atom stereocenters. The van der Waals surface area contributed by atoms with Gasteiger partial charge in [0.15, 0.2) is 0 Å². The van der Waals surface area contributed by atoms with E-state index in [4.69, 9.17) is 0 Å². The number of nitrogens with one attached hydrogen (secondary N) is 1. The number of aromatic nitrogens is 1. The highest BCUT2D eigenvalue weighted by atomic mass is 79.9. The second kappa shape index (κ2) is 7.61. The van der Waals surface area contributed by atoms with Gasteiger partial charge in [-0.3, -0.25) is 9.19 Å². The third-order valence-corrected chi connectivity index (χ3v) is 4.27. The largest absolute Gasteiger partial charge is 0.309 e. The van der Waals surface area contributed by atoms with E-state index in [2.05, 4.69) is 49.1 Å². The van der Waals surface area contributed by atoms with E-state index in [0.29, 0.717) is 12.6 Å². The van der Waals surface area contributed by atoms with E-state index in [9.17, 15) is 4.21 Å². The molecule has 3 nitrogen and oxygen atoms in total. The second-order valence-corrected chi connectivity index (χ2v) is 7.25. The number of hydrogen-bond acceptors (Lipinski definition) is 3. The normalized spacial score (nSPS) is 14.6. The van der Waals surface area contributed by atoms with Gasteiger partial charge in [-0.25, -0.2) is 0 Å². The van der Waals surface area contributed by atoms with Crippen LogP contribution in [0.4, 0.5) is 0 Å². The summed E-state index contributed by atoms with van der Waals surface area (Å²) in [6, 6.07) is 2.33. The zero-order chi connectivity index (χ0) is 12.8. The summed E-state index contributed by atoms with van der Waals surface area (Å²) in [4.78, 5) is 4.33. The van der Waals surface area contributed by atoms with E-state index in [0.717, 1.165) is 26.8 Å². The molecule has 0 radical (unpaired) electrons. The van der Waals surface area contributed by atoms with E-state index in [1.165, 1.54) is 0 Å². The molecule has 0 amide bonds. The summed E-state index contributed by atoms with van der Waals surface area (Å²) in [5.41, 5.74) is 0.984. The van der Waals surface area contributed by atoms with E-state index in [1.54, 1.807) is 12.5 Å². The van der Waals surface area contributed by atoms with Gasteiger partial charge in [0.05, 0.1) is 5.69 Å². The monoisotopic (exact) mass is 382 g/mol. The quantitative estimate of drug-likeness (QED) is 0.821. The summed E-state index contributed by atoms with van der Waals surface area (Å²) >= 11 is 6.85. The Hall–Kier alpha value is 0.220. The van der Waals surface area contributed by atoms with Crippen molar-refractivity contribution in [2.75, 3.05) is 12.0 Å². The Kier molecular flexibility index (Phi) is 6.84. The molecule has 0 fully saturated rings. The van der Waals surface area contributed by atoms with Gasteiger partial charge in [-0.15, -0.1) is 0 Å². The third kappa shape index (κ3) is 6.08. The molecule has 1 rings (SSSR count). The average Bonchev–Trinajstić information content (AvgIpc) is 2.25. The standard InChI is InChI=1S/C11H16Br2N2OS/c1-8(3-4-17(2)16)14-7-11-10(13)5-9(12)6-15-11/h5-6,8,14H,3-4,7H2,1-2H3. The van der Waals surface area contributed by atoms with Crippen LogP contribution in [0.1, 0.15) is 19.0 Å². The zero-order valence-electron chi connectivity index (χ0n) is 9.87. The second-order valence-electron chi connectivity index (χ2n) is 3.93. The molecule has 17 heavy (non-hydrogen) atoms. The fourth-order valence-electron chi connectivity index (χ4n) is 1.29. The Balaban J connectivity index is 2.41. The summed E-state index contributed by atoms with van der Waals surface area (Å²) in [5, 5.41) is 3.37. The highest BCUT2D eigenvalue weighted by Crippen LogP contribution is 2.19. The van der Waals surface area contributed by atoms with Gasteiger partial charge in [0.25, 0.3) is 0 Å². The van der Waals surface area contributed by atoms with Gasteiger partial charge < -0.3 is 5.32 Å². The number of pyridine rings is 1. The van der Waals surface area contributed by atoms with Crippen LogP contribution in [0.3, 0.4) is 0 Å². The summed E-state index contributed by atoms with van der Waals surface area (Å²) in [5.74, 6) is 0.739. The van der Waals surface area contributed by atoms with Crippen LogP contribution in [0.5, 0.6) is 0 Å². The molecule has 0 saturated heterocycles. The lowest BCUT2D eigenvalue weighted by molar-refractivity contribution is 0.529. The minimum absolute atomic E-state index is 0.344. The molecule has 6 heteroatoms. The molecule has 1 heterocycles. The Morgan fingerprint density at radius 2 is 2.24 bits per heavy atom. The minimum atomic E-state index is -0.713. The van der Waals surface area contributed by atoms with Gasteiger partial charge in [-0.1, -0.05) is 0 Å². The lowest BCUT2D eigenvalue weighted by Gasteiger charge is -2.13. The molecule has 96 valence electrons. The van der Waals surface area contributed by atoms with Crippen molar-refractivity contribution in [3.63, 3.8) is 0 Å². The van der Waals surface area contributed by atoms with Crippen LogP contribution in [0.2, 0.25) is 0 Å². The molecule has 1 aromatic heterocycles. The van der Waals surface area contributed by atoms with Crippen molar-refractivity contribution < 1.29 is 4.21 Å². The molecule has 1 N–H and O–H groups in total. The number of rotatable bonds is 6. The van der Waals surface area contributed by atoms with Crippen molar-refractivity contribution in [1.29, 1.82) is 0 Å². The summed E-state index contributed by atoms with van der Waals surface area (Å²) < 4.78 is 12.9. The minimum Gasteiger partial charge on any atom is -0.309 e. The smallest absolute Gasteiger partial charge is 0.0684 e. The summed E-state index contributed by atoms with van der Waals surface area (Å²) in [6.45, 7) is 2.81. The lowest BCUT2D eigenvalue weighted by Crippen LogP contribution is -2.27. The first-order valence-corrected chi connectivity index (χ1v) is 8.63. The number of hydrogen-bond donors (Lipinski definition) is 1. The maximum absolute atomic E-state index is 11.0. The zero-order valence-corrected chi connectivity index (χ0v) is 13.9. The molecule has 0 aliphatic heterocycles. The van der Waals surface area contributed by atoms with Crippen molar-refractivity contribution in [1.82, 2.24) is 10.3 Å². The Bertz CT molecular complexity index is 401. The highest BCUT2D eigenvalue weighted by Gasteiger charge is 2.06. The van der Waals surface area contributed by atoms with Gasteiger partial charge in [-0.05, 0) is 51.3 Å². The molecule has 0 saturated carbocycles. The average molecular weight is 384 g/mol. The maximum atomic E-state index is 11.0. The van der Waals surface area contributed by atoms with Crippen LogP contribution in [-0.2, 0) is 17.3 Å². The van der Waals surface area contributed by atoms with Crippen LogP contribution in [0.25, 0.3) is 0 Å². The van der Waals surface area contributed by atoms with E-state index in [1.807, 2.05) is 6.07 Å². The Morgan fingerprint density at radius 1 is 1.53 bits per heavy atom. The maximum Gasteiger partial charge on any atom is 0.0684 e. The van der Waals surface area contributed by atoms with E-state index in [-0.39, 0.29) is 0 Å². The predicted molar refractivity (Wildman–Crippen MR) is 79.5 cm³/mol. The summed E-state index contributed by atoms with van der Waals surface area (Å²) in [6.07, 6.45) is 4.43. The van der Waals surface area contributed by atoms with Crippen molar-refractivity contribution >= 4 is 42.7 Å². The van der Waals surface area contributed by atoms with Crippen LogP contribution in [0, 0.1) is 0 Å². The molecular formula is C11H16Br2N2OS. The van der Waals surface area contributed by atoms with Crippen molar-refractivity contribution in [2.45, 2.75) is 25.9 Å². The Morgan fingerprint density at radius 3 is 2.82 bits per heavy atom. The van der Waals surface area contributed by atoms with Crippen molar-refractivity contribution in [3.8, 4) is 0 Å². The lowest BCUT2D eigenvalue weighted by atomic mass is 10.2. The first-order chi connectivity index (χ1) is 7.99. The molecular weight excluding hydrogens is 368 g/mol. The SMILES string of the molecule is CC(CCS(C)=O)NCc1ncc(Br)cc1Br. The van der Waals surface area contributed by atoms with Gasteiger partial charge in [0, 0.05) is 50.5 Å². The predicted octanol–water partition coefficient (Wildman–Crippen LogP) is 2.85. The first-order valence-electron chi connectivity index (χ1n) is 5.32. The van der Waals surface area contributed by atoms with Crippen LogP contribution in [-0.4, -0.2) is 27.2 Å². The van der Waals surface area contributed by atoms with Crippen LogP contribution < -0.4 is 5.32 Å².